The molecule has 0 spiro atoms. The molecule has 0 aliphatic carbocycles. The molecule has 6 nitrogen and oxygen atoms in total. The number of amides is 1. The summed E-state index contributed by atoms with van der Waals surface area (Å²) in [4.78, 5) is 12.8. The number of nitrogens with zero attached hydrogens (tertiary/aromatic N) is 2. The standard InChI is InChI=1S/C23H25F3N2O4/c1-14(2)18-9-8-15(3)10-20(18)32-13-21(29)28-22(30,23(24,25)26)12-19(27-28)16-6-5-7-17(11-16)31-4/h5-11,14,30H,12-13H2,1-4H3/t22-/m1/s1. The zero-order valence-corrected chi connectivity index (χ0v) is 18.2. The van der Waals surface area contributed by atoms with E-state index in [0.717, 1.165) is 11.1 Å². The van der Waals surface area contributed by atoms with Gasteiger partial charge in [-0.25, -0.2) is 0 Å². The van der Waals surface area contributed by atoms with Gasteiger partial charge in [-0.15, -0.1) is 0 Å². The van der Waals surface area contributed by atoms with Crippen molar-refractivity contribution in [2.45, 2.75) is 45.0 Å². The molecular formula is C23H25F3N2O4. The minimum absolute atomic E-state index is 0.0760. The average molecular weight is 450 g/mol. The molecule has 1 aliphatic heterocycles. The largest absolute Gasteiger partial charge is 0.497 e. The van der Waals surface area contributed by atoms with Gasteiger partial charge in [0.25, 0.3) is 11.6 Å². The molecule has 2 aromatic rings. The van der Waals surface area contributed by atoms with Crippen LogP contribution in [0.1, 0.15) is 42.9 Å². The van der Waals surface area contributed by atoms with Crippen LogP contribution in [0.15, 0.2) is 47.6 Å². The highest BCUT2D eigenvalue weighted by Crippen LogP contribution is 2.41. The first kappa shape index (κ1) is 23.6. The summed E-state index contributed by atoms with van der Waals surface area (Å²) < 4.78 is 52.1. The van der Waals surface area contributed by atoms with Crippen molar-refractivity contribution >= 4 is 11.6 Å². The monoisotopic (exact) mass is 450 g/mol. The molecule has 0 unspecified atom stereocenters. The van der Waals surface area contributed by atoms with Crippen LogP contribution in [-0.4, -0.2) is 47.4 Å². The summed E-state index contributed by atoms with van der Waals surface area (Å²) in [7, 11) is 1.42. The number of hydrogen-bond acceptors (Lipinski definition) is 5. The first-order chi connectivity index (χ1) is 15.0. The summed E-state index contributed by atoms with van der Waals surface area (Å²) in [5, 5.41) is 14.4. The predicted octanol–water partition coefficient (Wildman–Crippen LogP) is 4.39. The van der Waals surface area contributed by atoms with Gasteiger partial charge in [-0.1, -0.05) is 38.1 Å². The molecule has 9 heteroatoms. The molecule has 32 heavy (non-hydrogen) atoms. The number of benzene rings is 2. The smallest absolute Gasteiger partial charge is 0.438 e. The van der Waals surface area contributed by atoms with Crippen molar-refractivity contribution in [1.82, 2.24) is 5.01 Å². The Hall–Kier alpha value is -3.07. The van der Waals surface area contributed by atoms with Gasteiger partial charge < -0.3 is 14.6 Å². The summed E-state index contributed by atoms with van der Waals surface area (Å²) in [6.45, 7) is 5.00. The third-order valence-electron chi connectivity index (χ3n) is 5.22. The molecule has 0 bridgehead atoms. The van der Waals surface area contributed by atoms with E-state index in [-0.39, 0.29) is 16.6 Å². The number of ether oxygens (including phenoxy) is 2. The van der Waals surface area contributed by atoms with Crippen molar-refractivity contribution in [1.29, 1.82) is 0 Å². The number of carbonyl (C=O) groups is 1. The Morgan fingerprint density at radius 1 is 1.25 bits per heavy atom. The fourth-order valence-electron chi connectivity index (χ4n) is 3.44. The minimum atomic E-state index is -5.13. The van der Waals surface area contributed by atoms with E-state index in [0.29, 0.717) is 17.1 Å². The van der Waals surface area contributed by atoms with Crippen LogP contribution in [0.4, 0.5) is 13.2 Å². The number of methoxy groups -OCH3 is 1. The highest BCUT2D eigenvalue weighted by Gasteiger charge is 2.63. The molecule has 0 fully saturated rings. The first-order valence-corrected chi connectivity index (χ1v) is 10.0. The van der Waals surface area contributed by atoms with Crippen LogP contribution in [0.2, 0.25) is 0 Å². The first-order valence-electron chi connectivity index (χ1n) is 10.0. The van der Waals surface area contributed by atoms with Crippen molar-refractivity contribution in [3.63, 3.8) is 0 Å². The van der Waals surface area contributed by atoms with Crippen molar-refractivity contribution < 1.29 is 32.5 Å². The topological polar surface area (TPSA) is 71.4 Å². The summed E-state index contributed by atoms with van der Waals surface area (Å²) in [6, 6.07) is 11.7. The van der Waals surface area contributed by atoms with E-state index in [9.17, 15) is 23.1 Å². The summed E-state index contributed by atoms with van der Waals surface area (Å²) in [5.74, 6) is -0.217. The quantitative estimate of drug-likeness (QED) is 0.709. The van der Waals surface area contributed by atoms with Gasteiger partial charge in [0.15, 0.2) is 6.61 Å². The summed E-state index contributed by atoms with van der Waals surface area (Å²) in [5.41, 5.74) is -1.56. The second-order valence-corrected chi connectivity index (χ2v) is 7.96. The molecule has 1 N–H and O–H groups in total. The van der Waals surface area contributed by atoms with Crippen LogP contribution in [-0.2, 0) is 4.79 Å². The zero-order valence-electron chi connectivity index (χ0n) is 18.2. The Morgan fingerprint density at radius 2 is 1.97 bits per heavy atom. The van der Waals surface area contributed by atoms with Crippen molar-refractivity contribution in [2.75, 3.05) is 13.7 Å². The van der Waals surface area contributed by atoms with Gasteiger partial charge in [0.05, 0.1) is 19.2 Å². The predicted molar refractivity (Wildman–Crippen MR) is 113 cm³/mol. The average Bonchev–Trinajstić information content (AvgIpc) is 3.11. The Kier molecular flexibility index (Phi) is 6.50. The maximum absolute atomic E-state index is 13.8. The molecule has 0 radical (unpaired) electrons. The fourth-order valence-corrected chi connectivity index (χ4v) is 3.44. The minimum Gasteiger partial charge on any atom is -0.497 e. The highest BCUT2D eigenvalue weighted by atomic mass is 19.4. The lowest BCUT2D eigenvalue weighted by Gasteiger charge is -2.32. The molecule has 1 heterocycles. The highest BCUT2D eigenvalue weighted by molar-refractivity contribution is 6.03. The van der Waals surface area contributed by atoms with Crippen LogP contribution >= 0.6 is 0 Å². The van der Waals surface area contributed by atoms with Crippen LogP contribution in [0, 0.1) is 6.92 Å². The van der Waals surface area contributed by atoms with Gasteiger partial charge in [0, 0.05) is 5.56 Å². The van der Waals surface area contributed by atoms with Gasteiger partial charge in [-0.3, -0.25) is 4.79 Å². The number of hydrogen-bond donors (Lipinski definition) is 1. The van der Waals surface area contributed by atoms with E-state index < -0.39 is 30.8 Å². The van der Waals surface area contributed by atoms with Gasteiger partial charge >= 0.3 is 6.18 Å². The lowest BCUT2D eigenvalue weighted by molar-refractivity contribution is -0.302. The number of hydrazone groups is 1. The molecule has 1 atom stereocenters. The summed E-state index contributed by atoms with van der Waals surface area (Å²) >= 11 is 0. The Balaban J connectivity index is 1.89. The van der Waals surface area contributed by atoms with E-state index in [1.165, 1.54) is 19.2 Å². The molecule has 0 saturated heterocycles. The Bertz CT molecular complexity index is 1040. The number of aliphatic hydroxyl groups is 1. The Labute approximate surface area is 184 Å². The van der Waals surface area contributed by atoms with Crippen LogP contribution in [0.5, 0.6) is 11.5 Å². The zero-order chi connectivity index (χ0) is 23.7. The molecule has 1 aliphatic rings. The number of rotatable bonds is 6. The summed E-state index contributed by atoms with van der Waals surface area (Å²) in [6.07, 6.45) is -6.03. The Morgan fingerprint density at radius 3 is 2.59 bits per heavy atom. The van der Waals surface area contributed by atoms with Gasteiger partial charge in [-0.05, 0) is 42.2 Å². The number of halogens is 3. The second kappa shape index (κ2) is 8.82. The molecule has 0 saturated carbocycles. The van der Waals surface area contributed by atoms with E-state index in [1.807, 2.05) is 32.9 Å². The van der Waals surface area contributed by atoms with Crippen molar-refractivity contribution in [2.24, 2.45) is 5.10 Å². The van der Waals surface area contributed by atoms with Gasteiger partial charge in [0.2, 0.25) is 0 Å². The SMILES string of the molecule is COc1cccc(C2=NN(C(=O)COc3cc(C)ccc3C(C)C)[C@](O)(C(F)(F)F)C2)c1. The third-order valence-corrected chi connectivity index (χ3v) is 5.22. The number of alkyl halides is 3. The van der Waals surface area contributed by atoms with E-state index in [2.05, 4.69) is 5.10 Å². The second-order valence-electron chi connectivity index (χ2n) is 7.96. The maximum atomic E-state index is 13.8. The van der Waals surface area contributed by atoms with Crippen molar-refractivity contribution in [3.05, 3.63) is 59.2 Å². The lowest BCUT2D eigenvalue weighted by atomic mass is 10.0. The normalized spacial score (nSPS) is 18.7. The lowest BCUT2D eigenvalue weighted by Crippen LogP contribution is -2.57. The van der Waals surface area contributed by atoms with E-state index in [4.69, 9.17) is 9.47 Å². The molecule has 2 aromatic carbocycles. The van der Waals surface area contributed by atoms with Crippen LogP contribution in [0.3, 0.4) is 0 Å². The third kappa shape index (κ3) is 4.57. The molecule has 172 valence electrons. The number of aryl methyl sites for hydroxylation is 1. The molecule has 1 amide bonds. The number of carbonyl (C=O) groups excluding carboxylic acids is 1. The van der Waals surface area contributed by atoms with Gasteiger partial charge in [0.1, 0.15) is 11.5 Å². The van der Waals surface area contributed by atoms with E-state index in [1.54, 1.807) is 18.2 Å². The fraction of sp³-hybridized carbons (Fsp3) is 0.391. The van der Waals surface area contributed by atoms with E-state index >= 15 is 0 Å². The van der Waals surface area contributed by atoms with Crippen molar-refractivity contribution in [3.8, 4) is 11.5 Å². The molecule has 3 rings (SSSR count). The van der Waals surface area contributed by atoms with Crippen LogP contribution in [0.25, 0.3) is 0 Å². The van der Waals surface area contributed by atoms with Crippen LogP contribution < -0.4 is 9.47 Å². The van der Waals surface area contributed by atoms with Gasteiger partial charge in [-0.2, -0.15) is 23.3 Å². The molecule has 0 aromatic heterocycles. The maximum Gasteiger partial charge on any atom is 0.438 e. The molecular weight excluding hydrogens is 425 g/mol.